The first-order valence-electron chi connectivity index (χ1n) is 27.7. The summed E-state index contributed by atoms with van der Waals surface area (Å²) in [5, 5.41) is 21.1. The standard InChI is InChI=1S/C59H68N20O/c1-41-30-49(16-17-50(41)70-54-66-40-68-58(73-54)77-28-26-75(27-29-77)56-64-36-46(52(60)71-56)32-42-8-4-3-5-9-42)78-21-19-61-51(37-78)45-11-6-10-43(33-45)31-44-34-62-55(63-35-44)74-22-24-76(25-23-74)57-67-39-65-53(72-57)69-47-12-14-48(15-13-47)79-20-7-18-59(2,80)38-79/h3-6,8-17,30,33-36,39-40,51,61,80H,7,18-29,31-32,37-38H2,1-2H3,(H2,60,64,71)(H,65,67,69,72)(H,66,68,70,73)/t51?,59-/m1/s1. The van der Waals surface area contributed by atoms with Gasteiger partial charge >= 0.3 is 0 Å². The van der Waals surface area contributed by atoms with Gasteiger partial charge in [0.15, 0.2) is 0 Å². The molecular formula is C59H68N20O. The van der Waals surface area contributed by atoms with E-state index in [1.54, 1.807) is 12.7 Å². The number of benzene rings is 4. The molecule has 12 rings (SSSR count). The smallest absolute Gasteiger partial charge is 0.232 e. The summed E-state index contributed by atoms with van der Waals surface area (Å²) in [5.74, 6) is 4.14. The molecule has 4 aromatic heterocycles. The predicted molar refractivity (Wildman–Crippen MR) is 315 cm³/mol. The van der Waals surface area contributed by atoms with Gasteiger partial charge < -0.3 is 56.2 Å². The van der Waals surface area contributed by atoms with Crippen molar-refractivity contribution >= 4 is 64.3 Å². The third-order valence-electron chi connectivity index (χ3n) is 15.5. The van der Waals surface area contributed by atoms with Crippen LogP contribution in [0.4, 0.5) is 64.3 Å². The van der Waals surface area contributed by atoms with Crippen molar-refractivity contribution in [3.8, 4) is 0 Å². The molecule has 4 aliphatic heterocycles. The lowest BCUT2D eigenvalue weighted by atomic mass is 9.95. The Labute approximate surface area is 466 Å². The first-order chi connectivity index (χ1) is 39.1. The minimum atomic E-state index is -0.662. The molecule has 0 aliphatic carbocycles. The second-order valence-electron chi connectivity index (χ2n) is 21.5. The van der Waals surface area contributed by atoms with Crippen LogP contribution in [0, 0.1) is 6.92 Å². The van der Waals surface area contributed by atoms with Crippen LogP contribution in [-0.4, -0.2) is 146 Å². The molecule has 0 spiro atoms. The van der Waals surface area contributed by atoms with Crippen LogP contribution in [-0.2, 0) is 12.8 Å². The first-order valence-corrected chi connectivity index (χ1v) is 27.7. The van der Waals surface area contributed by atoms with Crippen molar-refractivity contribution in [2.24, 2.45) is 0 Å². The zero-order chi connectivity index (χ0) is 54.4. The number of aliphatic hydroxyl groups is 1. The zero-order valence-corrected chi connectivity index (χ0v) is 45.4. The number of anilines is 11. The van der Waals surface area contributed by atoms with Gasteiger partial charge in [-0.1, -0.05) is 54.6 Å². The van der Waals surface area contributed by atoms with Crippen LogP contribution < -0.4 is 51.1 Å². The fraction of sp³-hybridized carbons (Fsp3) is 0.356. The summed E-state index contributed by atoms with van der Waals surface area (Å²) < 4.78 is 0. The minimum Gasteiger partial charge on any atom is -0.388 e. The fourth-order valence-corrected chi connectivity index (χ4v) is 11.1. The van der Waals surface area contributed by atoms with Crippen molar-refractivity contribution in [3.63, 3.8) is 0 Å². The molecule has 0 amide bonds. The number of hydrogen-bond donors (Lipinski definition) is 5. The van der Waals surface area contributed by atoms with Gasteiger partial charge in [-0.3, -0.25) is 0 Å². The van der Waals surface area contributed by atoms with Crippen LogP contribution in [0.2, 0.25) is 0 Å². The first kappa shape index (κ1) is 51.9. The van der Waals surface area contributed by atoms with E-state index in [1.165, 1.54) is 22.4 Å². The zero-order valence-electron chi connectivity index (χ0n) is 45.4. The summed E-state index contributed by atoms with van der Waals surface area (Å²) in [5.41, 5.74) is 16.6. The Morgan fingerprint density at radius 3 is 1.86 bits per heavy atom. The van der Waals surface area contributed by atoms with E-state index in [2.05, 4.69) is 149 Å². The highest BCUT2D eigenvalue weighted by Crippen LogP contribution is 2.31. The number of nitrogen functional groups attached to an aromatic ring is 1. The van der Waals surface area contributed by atoms with E-state index in [4.69, 9.17) is 25.7 Å². The van der Waals surface area contributed by atoms with E-state index in [0.717, 1.165) is 111 Å². The van der Waals surface area contributed by atoms with Crippen LogP contribution in [0.25, 0.3) is 0 Å². The largest absolute Gasteiger partial charge is 0.388 e. The molecular weight excluding hydrogens is 1000 g/mol. The number of hydrogen-bond acceptors (Lipinski definition) is 21. The number of nitrogens with two attached hydrogens (primary N) is 1. The Morgan fingerprint density at radius 1 is 0.575 bits per heavy atom. The number of aryl methyl sites for hydroxylation is 1. The summed E-state index contributed by atoms with van der Waals surface area (Å²) in [6, 6.07) is 34.0. The Morgan fingerprint density at radius 2 is 1.20 bits per heavy atom. The number of nitrogens with one attached hydrogen (secondary N) is 3. The maximum Gasteiger partial charge on any atom is 0.232 e. The Balaban J connectivity index is 0.603. The Bertz CT molecular complexity index is 3370. The minimum absolute atomic E-state index is 0.170. The molecule has 6 N–H and O–H groups in total. The number of piperidine rings is 1. The van der Waals surface area contributed by atoms with Gasteiger partial charge in [-0.25, -0.2) is 34.9 Å². The van der Waals surface area contributed by atoms with Crippen LogP contribution in [0.3, 0.4) is 0 Å². The van der Waals surface area contributed by atoms with E-state index in [0.29, 0.717) is 74.7 Å². The van der Waals surface area contributed by atoms with E-state index in [9.17, 15) is 5.11 Å². The van der Waals surface area contributed by atoms with Gasteiger partial charge in [0.05, 0.1) is 5.60 Å². The second kappa shape index (κ2) is 23.3. The normalized spacial score (nSPS) is 18.8. The topological polar surface area (TPSA) is 231 Å². The van der Waals surface area contributed by atoms with Crippen molar-refractivity contribution in [1.29, 1.82) is 0 Å². The van der Waals surface area contributed by atoms with Crippen molar-refractivity contribution in [1.82, 2.24) is 55.2 Å². The molecule has 0 radical (unpaired) electrons. The lowest BCUT2D eigenvalue weighted by molar-refractivity contribution is 0.0449. The predicted octanol–water partition coefficient (Wildman–Crippen LogP) is 6.35. The van der Waals surface area contributed by atoms with Gasteiger partial charge in [0.1, 0.15) is 18.5 Å². The van der Waals surface area contributed by atoms with Gasteiger partial charge in [-0.15, -0.1) is 0 Å². The third-order valence-corrected chi connectivity index (χ3v) is 15.5. The van der Waals surface area contributed by atoms with Crippen LogP contribution in [0.5, 0.6) is 0 Å². The number of β-amino-alcohol motifs (C(OH)–C–C–N with tert-alkyl or cyclic N) is 1. The van der Waals surface area contributed by atoms with E-state index in [1.807, 2.05) is 55.8 Å². The molecule has 21 heteroatoms. The molecule has 4 aliphatic rings. The lowest BCUT2D eigenvalue weighted by Crippen LogP contribution is -2.47. The van der Waals surface area contributed by atoms with Crippen molar-refractivity contribution in [3.05, 3.63) is 162 Å². The summed E-state index contributed by atoms with van der Waals surface area (Å²) in [7, 11) is 0. The molecule has 4 saturated heterocycles. The molecule has 0 bridgehead atoms. The number of piperazine rings is 3. The van der Waals surface area contributed by atoms with Gasteiger partial charge in [-0.05, 0) is 97.0 Å². The van der Waals surface area contributed by atoms with E-state index >= 15 is 0 Å². The molecule has 8 heterocycles. The number of aromatic nitrogens is 10. The highest BCUT2D eigenvalue weighted by molar-refractivity contribution is 5.65. The molecule has 4 fully saturated rings. The maximum atomic E-state index is 10.6. The molecule has 410 valence electrons. The molecule has 0 saturated carbocycles. The number of rotatable bonds is 15. The summed E-state index contributed by atoms with van der Waals surface area (Å²) >= 11 is 0. The van der Waals surface area contributed by atoms with E-state index < -0.39 is 5.60 Å². The monoisotopic (exact) mass is 1070 g/mol. The summed E-state index contributed by atoms with van der Waals surface area (Å²) in [6.07, 6.45) is 12.1. The summed E-state index contributed by atoms with van der Waals surface area (Å²) in [6.45, 7) is 14.0. The van der Waals surface area contributed by atoms with Gasteiger partial charge in [0.2, 0.25) is 35.7 Å². The second-order valence-corrected chi connectivity index (χ2v) is 21.5. The van der Waals surface area contributed by atoms with Gasteiger partial charge in [-0.2, -0.15) is 15.0 Å². The van der Waals surface area contributed by atoms with Crippen molar-refractivity contribution in [2.45, 2.75) is 51.2 Å². The summed E-state index contributed by atoms with van der Waals surface area (Å²) in [4.78, 5) is 59.9. The highest BCUT2D eigenvalue weighted by Gasteiger charge is 2.29. The Kier molecular flexibility index (Phi) is 15.1. The van der Waals surface area contributed by atoms with Gasteiger partial charge in [0, 0.05) is 151 Å². The fourth-order valence-electron chi connectivity index (χ4n) is 11.1. The van der Waals surface area contributed by atoms with Crippen LogP contribution in [0.1, 0.15) is 59.2 Å². The van der Waals surface area contributed by atoms with Crippen molar-refractivity contribution < 1.29 is 5.11 Å². The quantitative estimate of drug-likeness (QED) is 0.0753. The van der Waals surface area contributed by atoms with Gasteiger partial charge in [0.25, 0.3) is 0 Å². The average molecular weight is 1070 g/mol. The molecule has 4 aromatic carbocycles. The molecule has 21 nitrogen and oxygen atoms in total. The Hall–Kier alpha value is -8.82. The SMILES string of the molecule is Cc1cc(N2CCNC(c3cccc(Cc4cnc(N5CCN(c6ncnc(Nc7ccc(N8CCC[C@@](C)(O)C8)cc7)n6)CC5)nc4)c3)C2)ccc1Nc1ncnc(N2CCN(c3ncc(Cc4ccccc4)c(N)n3)CC2)n1. The average Bonchev–Trinajstić information content (AvgIpc) is 3.49. The van der Waals surface area contributed by atoms with Crippen LogP contribution >= 0.6 is 0 Å². The molecule has 8 aromatic rings. The lowest BCUT2D eigenvalue weighted by Gasteiger charge is -2.38. The highest BCUT2D eigenvalue weighted by atomic mass is 16.3. The number of nitrogens with zero attached hydrogens (tertiary/aromatic N) is 16. The van der Waals surface area contributed by atoms with Crippen LogP contribution in [0.15, 0.2) is 128 Å². The molecule has 1 unspecified atom stereocenters. The van der Waals surface area contributed by atoms with E-state index in [-0.39, 0.29) is 6.04 Å². The molecule has 80 heavy (non-hydrogen) atoms. The maximum absolute atomic E-state index is 10.6. The van der Waals surface area contributed by atoms with Crippen molar-refractivity contribution in [2.75, 3.05) is 131 Å². The third kappa shape index (κ3) is 12.4. The molecule has 2 atom stereocenters.